The molecule has 0 amide bonds. The number of aliphatic hydroxyl groups excluding tert-OH is 1. The Morgan fingerprint density at radius 1 is 0.931 bits per heavy atom. The molecule has 2 aromatic carbocycles. The van der Waals surface area contributed by atoms with E-state index < -0.39 is 0 Å². The van der Waals surface area contributed by atoms with Crippen LogP contribution in [-0.4, -0.2) is 51.6 Å². The Balaban J connectivity index is 1.90. The molecule has 0 saturated carbocycles. The Labute approximate surface area is 171 Å². The van der Waals surface area contributed by atoms with Gasteiger partial charge in [-0.2, -0.15) is 0 Å². The molecule has 0 bridgehead atoms. The summed E-state index contributed by atoms with van der Waals surface area (Å²) in [6.07, 6.45) is 0.886. The summed E-state index contributed by atoms with van der Waals surface area (Å²) in [6.45, 7) is 3.10. The van der Waals surface area contributed by atoms with Crippen molar-refractivity contribution in [1.82, 2.24) is 4.90 Å². The van der Waals surface area contributed by atoms with Gasteiger partial charge in [-0.1, -0.05) is 13.0 Å². The van der Waals surface area contributed by atoms with Crippen molar-refractivity contribution in [3.63, 3.8) is 0 Å². The summed E-state index contributed by atoms with van der Waals surface area (Å²) >= 11 is 0. The lowest BCUT2D eigenvalue weighted by Gasteiger charge is -2.49. The Bertz CT molecular complexity index is 913. The summed E-state index contributed by atoms with van der Waals surface area (Å²) in [5.74, 6) is 3.11. The highest BCUT2D eigenvalue weighted by Crippen LogP contribution is 2.54. The standard InChI is InChI=1S/C23H29NO5/c1-13-15-6-7-18(26-2)23(29-5)21(15)17(12-25)24-9-8-14-10-19(27-3)20(28-4)11-16(14)22(13)24/h6-7,10-11,13,17,22,25H,8-9,12H2,1-5H3/t13-,17+,22+/m1/s1. The fraction of sp³-hybridized carbons (Fsp3) is 0.478. The van der Waals surface area contributed by atoms with Crippen LogP contribution in [0.4, 0.5) is 0 Å². The van der Waals surface area contributed by atoms with Gasteiger partial charge in [-0.25, -0.2) is 0 Å². The van der Waals surface area contributed by atoms with Crippen molar-refractivity contribution >= 4 is 0 Å². The van der Waals surface area contributed by atoms with Gasteiger partial charge in [0.15, 0.2) is 23.0 Å². The first-order valence-electron chi connectivity index (χ1n) is 9.95. The van der Waals surface area contributed by atoms with Gasteiger partial charge in [0.2, 0.25) is 0 Å². The number of fused-ring (bicyclic) bond motifs is 4. The average Bonchev–Trinajstić information content (AvgIpc) is 2.77. The minimum atomic E-state index is -0.155. The Hall–Kier alpha value is -2.44. The molecule has 2 aromatic rings. The third kappa shape index (κ3) is 2.93. The summed E-state index contributed by atoms with van der Waals surface area (Å²) in [7, 11) is 6.63. The van der Waals surface area contributed by atoms with E-state index in [2.05, 4.69) is 30.0 Å². The Morgan fingerprint density at radius 3 is 2.24 bits per heavy atom. The molecule has 29 heavy (non-hydrogen) atoms. The largest absolute Gasteiger partial charge is 0.493 e. The monoisotopic (exact) mass is 399 g/mol. The van der Waals surface area contributed by atoms with Crippen LogP contribution >= 0.6 is 0 Å². The highest BCUT2D eigenvalue weighted by molar-refractivity contribution is 5.57. The number of benzene rings is 2. The zero-order valence-corrected chi connectivity index (χ0v) is 17.7. The van der Waals surface area contributed by atoms with E-state index in [4.69, 9.17) is 18.9 Å². The molecule has 4 rings (SSSR count). The van der Waals surface area contributed by atoms with Gasteiger partial charge < -0.3 is 24.1 Å². The number of rotatable bonds is 5. The van der Waals surface area contributed by atoms with E-state index in [0.717, 1.165) is 30.0 Å². The number of ether oxygens (including phenoxy) is 4. The predicted octanol–water partition coefficient (Wildman–Crippen LogP) is 3.47. The van der Waals surface area contributed by atoms with Gasteiger partial charge in [-0.05, 0) is 41.3 Å². The van der Waals surface area contributed by atoms with Crippen LogP contribution in [0.3, 0.4) is 0 Å². The van der Waals surface area contributed by atoms with E-state index in [1.54, 1.807) is 28.4 Å². The molecule has 0 unspecified atom stereocenters. The van der Waals surface area contributed by atoms with E-state index in [1.807, 2.05) is 6.07 Å². The van der Waals surface area contributed by atoms with Crippen molar-refractivity contribution in [3.8, 4) is 23.0 Å². The first kappa shape index (κ1) is 19.9. The van der Waals surface area contributed by atoms with Crippen molar-refractivity contribution in [1.29, 1.82) is 0 Å². The lowest BCUT2D eigenvalue weighted by Crippen LogP contribution is -2.45. The summed E-state index contributed by atoms with van der Waals surface area (Å²) in [5, 5.41) is 10.4. The second-order valence-corrected chi connectivity index (χ2v) is 7.63. The van der Waals surface area contributed by atoms with Crippen LogP contribution in [0, 0.1) is 0 Å². The Kier molecular flexibility index (Phi) is 5.32. The van der Waals surface area contributed by atoms with Gasteiger partial charge in [-0.15, -0.1) is 0 Å². The van der Waals surface area contributed by atoms with Crippen molar-refractivity contribution in [2.45, 2.75) is 31.3 Å². The zero-order valence-electron chi connectivity index (χ0n) is 17.7. The summed E-state index contributed by atoms with van der Waals surface area (Å²) in [4.78, 5) is 2.39. The zero-order chi connectivity index (χ0) is 20.7. The van der Waals surface area contributed by atoms with E-state index in [0.29, 0.717) is 11.5 Å². The van der Waals surface area contributed by atoms with Crippen LogP contribution in [0.1, 0.15) is 47.2 Å². The molecule has 3 atom stereocenters. The lowest BCUT2D eigenvalue weighted by molar-refractivity contribution is 0.0484. The smallest absolute Gasteiger partial charge is 0.165 e. The molecule has 0 aliphatic carbocycles. The van der Waals surface area contributed by atoms with Crippen LogP contribution in [0.25, 0.3) is 0 Å². The molecule has 1 N–H and O–H groups in total. The highest BCUT2D eigenvalue weighted by atomic mass is 16.5. The minimum absolute atomic E-state index is 0.0162. The van der Waals surface area contributed by atoms with Crippen LogP contribution in [0.2, 0.25) is 0 Å². The molecule has 0 radical (unpaired) electrons. The van der Waals surface area contributed by atoms with Crippen molar-refractivity contribution in [3.05, 3.63) is 46.5 Å². The Morgan fingerprint density at radius 2 is 1.62 bits per heavy atom. The van der Waals surface area contributed by atoms with E-state index in [1.165, 1.54) is 16.7 Å². The second kappa shape index (κ2) is 7.76. The molecule has 6 heteroatoms. The first-order valence-corrected chi connectivity index (χ1v) is 9.95. The molecule has 156 valence electrons. The van der Waals surface area contributed by atoms with Gasteiger partial charge >= 0.3 is 0 Å². The van der Waals surface area contributed by atoms with E-state index >= 15 is 0 Å². The quantitative estimate of drug-likeness (QED) is 0.831. The molecule has 2 aliphatic heterocycles. The SMILES string of the molecule is COc1cc2c(cc1OC)[C@@H]1[C@H](C)c3ccc(OC)c(OC)c3[C@H](CO)N1CC2. The maximum absolute atomic E-state index is 10.4. The third-order valence-corrected chi connectivity index (χ3v) is 6.45. The van der Waals surface area contributed by atoms with Gasteiger partial charge in [0.05, 0.1) is 41.1 Å². The second-order valence-electron chi connectivity index (χ2n) is 7.63. The maximum atomic E-state index is 10.4. The van der Waals surface area contributed by atoms with Crippen LogP contribution in [0.5, 0.6) is 23.0 Å². The third-order valence-electron chi connectivity index (χ3n) is 6.45. The average molecular weight is 399 g/mol. The molecular weight excluding hydrogens is 370 g/mol. The van der Waals surface area contributed by atoms with Gasteiger partial charge in [0.25, 0.3) is 0 Å². The number of aliphatic hydroxyl groups is 1. The van der Waals surface area contributed by atoms with Crippen molar-refractivity contribution in [2.75, 3.05) is 41.6 Å². The van der Waals surface area contributed by atoms with Crippen LogP contribution < -0.4 is 18.9 Å². The van der Waals surface area contributed by atoms with Crippen molar-refractivity contribution in [2.24, 2.45) is 0 Å². The number of hydrogen-bond donors (Lipinski definition) is 1. The van der Waals surface area contributed by atoms with Gasteiger partial charge in [-0.3, -0.25) is 4.90 Å². The molecule has 0 spiro atoms. The van der Waals surface area contributed by atoms with E-state index in [-0.39, 0.29) is 24.6 Å². The predicted molar refractivity (Wildman–Crippen MR) is 110 cm³/mol. The van der Waals surface area contributed by atoms with Gasteiger partial charge in [0, 0.05) is 24.1 Å². The molecule has 2 heterocycles. The fourth-order valence-electron chi connectivity index (χ4n) is 5.14. The van der Waals surface area contributed by atoms with E-state index in [9.17, 15) is 5.11 Å². The fourth-order valence-corrected chi connectivity index (χ4v) is 5.14. The van der Waals surface area contributed by atoms with Crippen molar-refractivity contribution < 1.29 is 24.1 Å². The summed E-state index contributed by atoms with van der Waals surface area (Å²) < 4.78 is 22.3. The van der Waals surface area contributed by atoms with Crippen LogP contribution in [0.15, 0.2) is 24.3 Å². The molecular formula is C23H29NO5. The topological polar surface area (TPSA) is 60.4 Å². The molecule has 2 aliphatic rings. The summed E-state index contributed by atoms with van der Waals surface area (Å²) in [6, 6.07) is 8.24. The number of methoxy groups -OCH3 is 4. The maximum Gasteiger partial charge on any atom is 0.165 e. The number of nitrogens with zero attached hydrogens (tertiary/aromatic N) is 1. The van der Waals surface area contributed by atoms with Crippen LogP contribution in [-0.2, 0) is 6.42 Å². The number of hydrogen-bond acceptors (Lipinski definition) is 6. The molecule has 6 nitrogen and oxygen atoms in total. The molecule has 0 aromatic heterocycles. The lowest BCUT2D eigenvalue weighted by atomic mass is 9.74. The first-order chi connectivity index (χ1) is 14.1. The van der Waals surface area contributed by atoms with Gasteiger partial charge in [0.1, 0.15) is 0 Å². The normalized spacial score (nSPS) is 22.9. The highest BCUT2D eigenvalue weighted by Gasteiger charge is 2.44. The minimum Gasteiger partial charge on any atom is -0.493 e. The molecule has 0 fully saturated rings. The summed E-state index contributed by atoms with van der Waals surface area (Å²) in [5.41, 5.74) is 4.73. The molecule has 0 saturated heterocycles.